The van der Waals surface area contributed by atoms with Crippen molar-refractivity contribution in [2.75, 3.05) is 58.4 Å². The molecule has 2 fully saturated rings. The van der Waals surface area contributed by atoms with Gasteiger partial charge in [0.25, 0.3) is 0 Å². The minimum Gasteiger partial charge on any atom is -0.457 e. The van der Waals surface area contributed by atoms with Crippen molar-refractivity contribution < 1.29 is 28.9 Å². The van der Waals surface area contributed by atoms with Crippen LogP contribution < -0.4 is 4.90 Å². The molecular weight excluding hydrogens is 546 g/mol. The molecule has 43 heavy (non-hydrogen) atoms. The zero-order valence-electron chi connectivity index (χ0n) is 26.6. The average molecular weight is 598 g/mol. The fraction of sp³-hybridized carbons (Fsp3) is 0.647. The molecule has 3 aliphatic rings. The Bertz CT molecular complexity index is 1120. The third-order valence-electron chi connectivity index (χ3n) is 9.12. The number of anilines is 1. The highest BCUT2D eigenvalue weighted by Crippen LogP contribution is 2.27. The van der Waals surface area contributed by atoms with E-state index in [2.05, 4.69) is 54.2 Å². The third-order valence-corrected chi connectivity index (χ3v) is 9.12. The summed E-state index contributed by atoms with van der Waals surface area (Å²) in [4.78, 5) is 32.2. The molecule has 3 aliphatic heterocycles. The van der Waals surface area contributed by atoms with Crippen LogP contribution in [-0.4, -0.2) is 105 Å². The van der Waals surface area contributed by atoms with Crippen LogP contribution in [0.25, 0.3) is 6.08 Å². The highest BCUT2D eigenvalue weighted by Gasteiger charge is 2.29. The Morgan fingerprint density at radius 1 is 1.07 bits per heavy atom. The lowest BCUT2D eigenvalue weighted by Gasteiger charge is -2.33. The molecule has 0 aromatic heterocycles. The van der Waals surface area contributed by atoms with Gasteiger partial charge in [-0.05, 0) is 74.9 Å². The Morgan fingerprint density at radius 3 is 2.51 bits per heavy atom. The molecule has 1 aromatic carbocycles. The van der Waals surface area contributed by atoms with Crippen LogP contribution in [0.1, 0.15) is 58.4 Å². The van der Waals surface area contributed by atoms with Crippen LogP contribution in [0, 0.1) is 11.8 Å². The van der Waals surface area contributed by atoms with Gasteiger partial charge in [0.2, 0.25) is 0 Å². The lowest BCUT2D eigenvalue weighted by molar-refractivity contribution is -0.151. The Balaban J connectivity index is 1.53. The first-order chi connectivity index (χ1) is 20.6. The minimum absolute atomic E-state index is 0.0180. The Kier molecular flexibility index (Phi) is 12.1. The van der Waals surface area contributed by atoms with Crippen LogP contribution in [-0.2, 0) is 19.0 Å². The Hall–Kier alpha value is -2.88. The SMILES string of the molecule is C/C(=C\c1cccc(N(C)C2CCOCC2)c1)[C@H]1OC(=O)C[C@H](O)CC[C@H](C)[C@@H](OC(=O)N2CCN(C)CC2)/C=C/[C@@H]1C. The number of rotatable bonds is 5. The number of carbonyl (C=O) groups is 2. The van der Waals surface area contributed by atoms with E-state index in [1.165, 1.54) is 0 Å². The van der Waals surface area contributed by atoms with Gasteiger partial charge in [0.05, 0.1) is 12.5 Å². The molecule has 0 unspecified atom stereocenters. The number of hydrogen-bond acceptors (Lipinski definition) is 8. The average Bonchev–Trinajstić information content (AvgIpc) is 3.00. The summed E-state index contributed by atoms with van der Waals surface area (Å²) in [5.41, 5.74) is 3.07. The zero-order chi connectivity index (χ0) is 30.9. The van der Waals surface area contributed by atoms with Gasteiger partial charge in [-0.2, -0.15) is 0 Å². The van der Waals surface area contributed by atoms with Gasteiger partial charge in [0.1, 0.15) is 12.2 Å². The van der Waals surface area contributed by atoms with Crippen LogP contribution in [0.2, 0.25) is 0 Å². The van der Waals surface area contributed by atoms with Crippen molar-refractivity contribution in [3.8, 4) is 0 Å². The van der Waals surface area contributed by atoms with Crippen LogP contribution in [0.3, 0.4) is 0 Å². The Labute approximate surface area is 257 Å². The van der Waals surface area contributed by atoms with Crippen LogP contribution >= 0.6 is 0 Å². The quantitative estimate of drug-likeness (QED) is 0.385. The molecule has 1 amide bonds. The number of ether oxygens (including phenoxy) is 3. The van der Waals surface area contributed by atoms with Gasteiger partial charge in [-0.25, -0.2) is 4.79 Å². The van der Waals surface area contributed by atoms with Crippen molar-refractivity contribution in [1.82, 2.24) is 9.80 Å². The topological polar surface area (TPSA) is 91.8 Å². The summed E-state index contributed by atoms with van der Waals surface area (Å²) >= 11 is 0. The number of likely N-dealkylation sites (N-methyl/N-ethyl adjacent to an activating group) is 1. The monoisotopic (exact) mass is 597 g/mol. The molecular formula is C34H51N3O6. The molecule has 0 bridgehead atoms. The molecule has 9 nitrogen and oxygen atoms in total. The van der Waals surface area contributed by atoms with E-state index in [4.69, 9.17) is 14.2 Å². The van der Waals surface area contributed by atoms with Gasteiger partial charge in [0.15, 0.2) is 0 Å². The van der Waals surface area contributed by atoms with Crippen LogP contribution in [0.15, 0.2) is 42.0 Å². The number of amides is 1. The van der Waals surface area contributed by atoms with E-state index in [0.29, 0.717) is 32.0 Å². The largest absolute Gasteiger partial charge is 0.457 e. The summed E-state index contributed by atoms with van der Waals surface area (Å²) in [6.45, 7) is 10.5. The van der Waals surface area contributed by atoms with Crippen molar-refractivity contribution in [1.29, 1.82) is 0 Å². The number of esters is 1. The molecule has 238 valence electrons. The lowest BCUT2D eigenvalue weighted by Crippen LogP contribution is -2.48. The van der Waals surface area contributed by atoms with Crippen molar-refractivity contribution in [3.05, 3.63) is 47.6 Å². The standard InChI is InChI=1S/C34H51N3O6/c1-24-9-11-30(38)23-32(39)43-33(25(2)10-12-31(24)42-34(40)37-17-15-35(4)16-18-37)26(3)21-27-7-6-8-29(22-27)36(5)28-13-19-41-20-14-28/h6-8,10,12,21-22,24-25,28,30-31,33,38H,9,11,13-20,23H2,1-5H3/b12-10+,26-21+/t24-,25-,30+,31-,33-/m0/s1. The number of cyclic esters (lactones) is 1. The van der Waals surface area contributed by atoms with Crippen LogP contribution in [0.4, 0.5) is 10.5 Å². The van der Waals surface area contributed by atoms with E-state index in [1.807, 2.05) is 32.9 Å². The third kappa shape index (κ3) is 9.55. The number of nitrogens with zero attached hydrogens (tertiary/aromatic N) is 3. The smallest absolute Gasteiger partial charge is 0.410 e. The molecule has 3 heterocycles. The molecule has 9 heteroatoms. The van der Waals surface area contributed by atoms with E-state index in [-0.39, 0.29) is 24.3 Å². The number of benzene rings is 1. The molecule has 2 saturated heterocycles. The lowest BCUT2D eigenvalue weighted by atomic mass is 9.91. The van der Waals surface area contributed by atoms with Crippen molar-refractivity contribution in [2.45, 2.75) is 77.2 Å². The first kappa shape index (κ1) is 33.0. The van der Waals surface area contributed by atoms with Gasteiger partial charge in [0, 0.05) is 64.1 Å². The van der Waals surface area contributed by atoms with Gasteiger partial charge in [-0.15, -0.1) is 0 Å². The summed E-state index contributed by atoms with van der Waals surface area (Å²) in [5, 5.41) is 10.6. The maximum absolute atomic E-state index is 13.0. The molecule has 0 saturated carbocycles. The predicted molar refractivity (Wildman–Crippen MR) is 169 cm³/mol. The fourth-order valence-corrected chi connectivity index (χ4v) is 6.09. The molecule has 0 radical (unpaired) electrons. The van der Waals surface area contributed by atoms with Gasteiger partial charge < -0.3 is 34.0 Å². The summed E-state index contributed by atoms with van der Waals surface area (Å²) in [6.07, 6.45) is 6.91. The maximum Gasteiger partial charge on any atom is 0.410 e. The van der Waals surface area contributed by atoms with E-state index in [0.717, 1.165) is 56.0 Å². The maximum atomic E-state index is 13.0. The van der Waals surface area contributed by atoms with E-state index < -0.39 is 24.3 Å². The molecule has 0 spiro atoms. The highest BCUT2D eigenvalue weighted by molar-refractivity contribution is 5.71. The van der Waals surface area contributed by atoms with Gasteiger partial charge in [-0.1, -0.05) is 38.1 Å². The summed E-state index contributed by atoms with van der Waals surface area (Å²) in [6, 6.07) is 8.84. The summed E-state index contributed by atoms with van der Waals surface area (Å²) < 4.78 is 17.6. The first-order valence-corrected chi connectivity index (χ1v) is 15.9. The highest BCUT2D eigenvalue weighted by atomic mass is 16.6. The minimum atomic E-state index is -0.815. The van der Waals surface area contributed by atoms with Crippen LogP contribution in [0.5, 0.6) is 0 Å². The van der Waals surface area contributed by atoms with Crippen molar-refractivity contribution in [3.63, 3.8) is 0 Å². The fourth-order valence-electron chi connectivity index (χ4n) is 6.09. The van der Waals surface area contributed by atoms with Gasteiger partial charge in [-0.3, -0.25) is 4.79 Å². The normalized spacial score (nSPS) is 29.6. The van der Waals surface area contributed by atoms with Crippen molar-refractivity contribution in [2.24, 2.45) is 11.8 Å². The molecule has 5 atom stereocenters. The first-order valence-electron chi connectivity index (χ1n) is 15.9. The predicted octanol–water partition coefficient (Wildman–Crippen LogP) is 4.74. The zero-order valence-corrected chi connectivity index (χ0v) is 26.6. The molecule has 1 N–H and O–H groups in total. The number of hydrogen-bond donors (Lipinski definition) is 1. The van der Waals surface area contributed by atoms with E-state index in [9.17, 15) is 14.7 Å². The number of aliphatic hydroxyl groups is 1. The van der Waals surface area contributed by atoms with Gasteiger partial charge >= 0.3 is 12.1 Å². The molecule has 4 rings (SSSR count). The van der Waals surface area contributed by atoms with Crippen molar-refractivity contribution >= 4 is 23.8 Å². The molecule has 0 aliphatic carbocycles. The molecule has 1 aromatic rings. The second-order valence-corrected chi connectivity index (χ2v) is 12.6. The van der Waals surface area contributed by atoms with E-state index in [1.54, 1.807) is 4.90 Å². The number of carbonyl (C=O) groups excluding carboxylic acids is 2. The van der Waals surface area contributed by atoms with E-state index >= 15 is 0 Å². The number of aliphatic hydroxyl groups excluding tert-OH is 1. The second kappa shape index (κ2) is 15.7. The number of piperazine rings is 1. The summed E-state index contributed by atoms with van der Waals surface area (Å²) in [7, 11) is 4.18. The second-order valence-electron chi connectivity index (χ2n) is 12.6. The Morgan fingerprint density at radius 2 is 1.79 bits per heavy atom. The summed E-state index contributed by atoms with van der Waals surface area (Å²) in [5.74, 6) is -0.609.